The van der Waals surface area contributed by atoms with E-state index in [1.54, 1.807) is 0 Å². The second kappa shape index (κ2) is 5.83. The summed E-state index contributed by atoms with van der Waals surface area (Å²) >= 11 is 0. The third-order valence-electron chi connectivity index (χ3n) is 3.63. The van der Waals surface area contributed by atoms with Crippen molar-refractivity contribution < 1.29 is 18.0 Å². The molecular weight excluding hydrogens is 269 g/mol. The lowest BCUT2D eigenvalue weighted by molar-refractivity contribution is -0.138. The highest BCUT2D eigenvalue weighted by Crippen LogP contribution is 2.34. The molecule has 0 aromatic heterocycles. The van der Waals surface area contributed by atoms with Gasteiger partial charge in [0, 0.05) is 18.2 Å². The number of nitrogens with one attached hydrogen (secondary N) is 1. The molecule has 3 nitrogen and oxygen atoms in total. The van der Waals surface area contributed by atoms with E-state index in [0.717, 1.165) is 31.7 Å². The van der Waals surface area contributed by atoms with Crippen molar-refractivity contribution in [2.24, 2.45) is 11.7 Å². The Morgan fingerprint density at radius 2 is 1.95 bits per heavy atom. The van der Waals surface area contributed by atoms with Crippen molar-refractivity contribution in [3.63, 3.8) is 0 Å². The van der Waals surface area contributed by atoms with Crippen LogP contribution in [0.15, 0.2) is 18.2 Å². The first kappa shape index (κ1) is 14.8. The Morgan fingerprint density at radius 1 is 1.30 bits per heavy atom. The zero-order chi connectivity index (χ0) is 14.8. The van der Waals surface area contributed by atoms with Crippen molar-refractivity contribution in [1.82, 2.24) is 0 Å². The zero-order valence-electron chi connectivity index (χ0n) is 11.0. The zero-order valence-corrected chi connectivity index (χ0v) is 11.0. The normalized spacial score (nSPS) is 16.4. The summed E-state index contributed by atoms with van der Waals surface area (Å²) in [6, 6.07) is 3.73. The summed E-state index contributed by atoms with van der Waals surface area (Å²) in [7, 11) is 0. The molecule has 110 valence electrons. The molecule has 0 aliphatic heterocycles. The van der Waals surface area contributed by atoms with Crippen LogP contribution in [0.3, 0.4) is 0 Å². The molecule has 0 heterocycles. The Morgan fingerprint density at radius 3 is 2.50 bits per heavy atom. The van der Waals surface area contributed by atoms with Gasteiger partial charge in [0.15, 0.2) is 0 Å². The molecule has 1 aromatic carbocycles. The molecule has 3 N–H and O–H groups in total. The number of alkyl halides is 3. The van der Waals surface area contributed by atoms with Crippen molar-refractivity contribution in [3.05, 3.63) is 29.3 Å². The van der Waals surface area contributed by atoms with Crippen LogP contribution in [0.4, 0.5) is 18.9 Å². The van der Waals surface area contributed by atoms with E-state index in [2.05, 4.69) is 5.32 Å². The summed E-state index contributed by atoms with van der Waals surface area (Å²) in [4.78, 5) is 11.9. The second-order valence-electron chi connectivity index (χ2n) is 5.04. The minimum absolute atomic E-state index is 0.0244. The predicted octanol–water partition coefficient (Wildman–Crippen LogP) is 3.29. The lowest BCUT2D eigenvalue weighted by Gasteiger charge is -2.15. The molecule has 0 radical (unpaired) electrons. The minimum atomic E-state index is -4.47. The van der Waals surface area contributed by atoms with E-state index in [0.29, 0.717) is 0 Å². The van der Waals surface area contributed by atoms with Gasteiger partial charge in [-0.2, -0.15) is 13.2 Å². The molecular formula is C14H17F3N2O. The Balaban J connectivity index is 2.18. The van der Waals surface area contributed by atoms with Crippen molar-refractivity contribution in [3.8, 4) is 0 Å². The van der Waals surface area contributed by atoms with E-state index in [1.807, 2.05) is 0 Å². The highest BCUT2D eigenvalue weighted by atomic mass is 19.4. The van der Waals surface area contributed by atoms with Crippen molar-refractivity contribution in [1.29, 1.82) is 0 Å². The summed E-state index contributed by atoms with van der Waals surface area (Å²) in [5.74, 6) is -0.283. The SMILES string of the molecule is NCc1ccc(NC(=O)C2CCCC2)cc1C(F)(F)F. The van der Waals surface area contributed by atoms with Crippen molar-refractivity contribution >= 4 is 11.6 Å². The largest absolute Gasteiger partial charge is 0.416 e. The van der Waals surface area contributed by atoms with E-state index in [9.17, 15) is 18.0 Å². The third kappa shape index (κ3) is 3.30. The molecule has 0 bridgehead atoms. The summed E-state index contributed by atoms with van der Waals surface area (Å²) in [6.45, 7) is -0.189. The maximum absolute atomic E-state index is 12.9. The van der Waals surface area contributed by atoms with Crippen LogP contribution in [0.5, 0.6) is 0 Å². The topological polar surface area (TPSA) is 55.1 Å². The molecule has 1 aromatic rings. The first-order valence-corrected chi connectivity index (χ1v) is 6.63. The molecule has 1 saturated carbocycles. The van der Waals surface area contributed by atoms with Gasteiger partial charge in [0.1, 0.15) is 0 Å². The quantitative estimate of drug-likeness (QED) is 0.895. The maximum Gasteiger partial charge on any atom is 0.416 e. The number of nitrogens with two attached hydrogens (primary N) is 1. The Labute approximate surface area is 115 Å². The number of hydrogen-bond donors (Lipinski definition) is 2. The number of benzene rings is 1. The van der Waals surface area contributed by atoms with E-state index in [-0.39, 0.29) is 29.6 Å². The molecule has 1 amide bonds. The minimum Gasteiger partial charge on any atom is -0.326 e. The summed E-state index contributed by atoms with van der Waals surface area (Å²) in [5, 5.41) is 2.57. The molecule has 0 spiro atoms. The van der Waals surface area contributed by atoms with Crippen LogP contribution in [0.1, 0.15) is 36.8 Å². The van der Waals surface area contributed by atoms with Crippen molar-refractivity contribution in [2.45, 2.75) is 38.4 Å². The van der Waals surface area contributed by atoms with Gasteiger partial charge < -0.3 is 11.1 Å². The van der Waals surface area contributed by atoms with Crippen LogP contribution in [0, 0.1) is 5.92 Å². The van der Waals surface area contributed by atoms with Crippen LogP contribution in [-0.2, 0) is 17.5 Å². The van der Waals surface area contributed by atoms with Gasteiger partial charge in [-0.15, -0.1) is 0 Å². The van der Waals surface area contributed by atoms with Gasteiger partial charge in [-0.05, 0) is 30.5 Å². The van der Waals surface area contributed by atoms with Crippen LogP contribution >= 0.6 is 0 Å². The summed E-state index contributed by atoms with van der Waals surface area (Å²) < 4.78 is 38.7. The van der Waals surface area contributed by atoms with Gasteiger partial charge in [0.05, 0.1) is 5.56 Å². The van der Waals surface area contributed by atoms with Gasteiger partial charge in [0.2, 0.25) is 5.91 Å². The molecule has 20 heavy (non-hydrogen) atoms. The van der Waals surface area contributed by atoms with Crippen LogP contribution in [-0.4, -0.2) is 5.91 Å². The summed E-state index contributed by atoms with van der Waals surface area (Å²) in [5.41, 5.74) is 4.72. The molecule has 2 rings (SSSR count). The molecule has 1 aliphatic rings. The third-order valence-corrected chi connectivity index (χ3v) is 3.63. The average molecular weight is 286 g/mol. The smallest absolute Gasteiger partial charge is 0.326 e. The monoisotopic (exact) mass is 286 g/mol. The molecule has 6 heteroatoms. The van der Waals surface area contributed by atoms with Gasteiger partial charge in [-0.25, -0.2) is 0 Å². The van der Waals surface area contributed by atoms with E-state index >= 15 is 0 Å². The van der Waals surface area contributed by atoms with Crippen LogP contribution in [0.25, 0.3) is 0 Å². The number of halogens is 3. The Bertz CT molecular complexity index is 494. The number of rotatable bonds is 3. The number of anilines is 1. The van der Waals surface area contributed by atoms with Crippen LogP contribution < -0.4 is 11.1 Å². The standard InChI is InChI=1S/C14H17F3N2O/c15-14(16,17)12-7-11(6-5-10(12)8-18)19-13(20)9-3-1-2-4-9/h5-7,9H,1-4,8,18H2,(H,19,20). The number of carbonyl (C=O) groups excluding carboxylic acids is 1. The predicted molar refractivity (Wildman–Crippen MR) is 69.9 cm³/mol. The number of carbonyl (C=O) groups is 1. The van der Waals surface area contributed by atoms with Gasteiger partial charge in [-0.3, -0.25) is 4.79 Å². The maximum atomic E-state index is 12.9. The summed E-state index contributed by atoms with van der Waals surface area (Å²) in [6.07, 6.45) is -0.865. The molecule has 0 unspecified atom stereocenters. The van der Waals surface area contributed by atoms with E-state index < -0.39 is 11.7 Å². The lowest BCUT2D eigenvalue weighted by atomic mass is 10.0. The molecule has 0 saturated heterocycles. The molecule has 1 aliphatic carbocycles. The fourth-order valence-corrected chi connectivity index (χ4v) is 2.53. The average Bonchev–Trinajstić information content (AvgIpc) is 2.91. The Hall–Kier alpha value is -1.56. The molecule has 0 atom stereocenters. The molecule has 1 fully saturated rings. The Kier molecular flexibility index (Phi) is 4.32. The first-order chi connectivity index (χ1) is 9.41. The van der Waals surface area contributed by atoms with Crippen LogP contribution in [0.2, 0.25) is 0 Å². The first-order valence-electron chi connectivity index (χ1n) is 6.63. The van der Waals surface area contributed by atoms with E-state index in [1.165, 1.54) is 12.1 Å². The fraction of sp³-hybridized carbons (Fsp3) is 0.500. The van der Waals surface area contributed by atoms with Gasteiger partial charge >= 0.3 is 6.18 Å². The second-order valence-corrected chi connectivity index (χ2v) is 5.04. The number of hydrogen-bond acceptors (Lipinski definition) is 2. The fourth-order valence-electron chi connectivity index (χ4n) is 2.53. The highest BCUT2D eigenvalue weighted by molar-refractivity contribution is 5.92. The highest BCUT2D eigenvalue weighted by Gasteiger charge is 2.33. The van der Waals surface area contributed by atoms with Gasteiger partial charge in [-0.1, -0.05) is 18.9 Å². The van der Waals surface area contributed by atoms with Crippen molar-refractivity contribution in [2.75, 3.05) is 5.32 Å². The lowest BCUT2D eigenvalue weighted by Crippen LogP contribution is -2.21. The van der Waals surface area contributed by atoms with Gasteiger partial charge in [0.25, 0.3) is 0 Å². The van der Waals surface area contributed by atoms with E-state index in [4.69, 9.17) is 5.73 Å². The number of amides is 1.